The molecule has 0 rings (SSSR count). The Morgan fingerprint density at radius 2 is 1.46 bits per heavy atom. The van der Waals surface area contributed by atoms with Crippen molar-refractivity contribution in [2.45, 2.75) is 47.5 Å². The molecule has 1 heteroatoms. The van der Waals surface area contributed by atoms with Gasteiger partial charge in [-0.15, -0.1) is 0 Å². The highest BCUT2D eigenvalue weighted by Crippen LogP contribution is 2.12. The third-order valence-corrected chi connectivity index (χ3v) is 3.03. The van der Waals surface area contributed by atoms with E-state index in [1.807, 2.05) is 0 Å². The standard InChI is InChI=1S/C12H26O/c1-6-12(7-2)9-13-8-11(5)10(3)4/h10-12H,6-9H2,1-5H3. The summed E-state index contributed by atoms with van der Waals surface area (Å²) in [5.41, 5.74) is 0. The van der Waals surface area contributed by atoms with Gasteiger partial charge in [-0.05, 0) is 17.8 Å². The minimum absolute atomic E-state index is 0.689. The van der Waals surface area contributed by atoms with Gasteiger partial charge in [-0.25, -0.2) is 0 Å². The van der Waals surface area contributed by atoms with E-state index >= 15 is 0 Å². The SMILES string of the molecule is CCC(CC)COCC(C)C(C)C. The average Bonchev–Trinajstić information content (AvgIpc) is 2.12. The molecule has 1 atom stereocenters. The molecule has 0 radical (unpaired) electrons. The van der Waals surface area contributed by atoms with Crippen molar-refractivity contribution in [3.05, 3.63) is 0 Å². The van der Waals surface area contributed by atoms with Crippen molar-refractivity contribution in [2.24, 2.45) is 17.8 Å². The largest absolute Gasteiger partial charge is 0.381 e. The zero-order valence-electron chi connectivity index (χ0n) is 9.97. The molecular weight excluding hydrogens is 160 g/mol. The zero-order valence-corrected chi connectivity index (χ0v) is 9.97. The van der Waals surface area contributed by atoms with E-state index in [1.165, 1.54) is 12.8 Å². The number of rotatable bonds is 7. The number of hydrogen-bond acceptors (Lipinski definition) is 1. The van der Waals surface area contributed by atoms with Crippen LogP contribution in [0.4, 0.5) is 0 Å². The van der Waals surface area contributed by atoms with E-state index in [0.29, 0.717) is 5.92 Å². The molecule has 0 aliphatic rings. The van der Waals surface area contributed by atoms with E-state index < -0.39 is 0 Å². The van der Waals surface area contributed by atoms with Crippen LogP contribution in [0.15, 0.2) is 0 Å². The second-order valence-corrected chi connectivity index (χ2v) is 4.44. The molecule has 0 amide bonds. The van der Waals surface area contributed by atoms with Gasteiger partial charge in [0, 0.05) is 13.2 Å². The van der Waals surface area contributed by atoms with Crippen LogP contribution in [0.5, 0.6) is 0 Å². The predicted molar refractivity (Wildman–Crippen MR) is 58.9 cm³/mol. The first-order chi connectivity index (χ1) is 6.11. The van der Waals surface area contributed by atoms with Gasteiger partial charge >= 0.3 is 0 Å². The Kier molecular flexibility index (Phi) is 7.35. The summed E-state index contributed by atoms with van der Waals surface area (Å²) in [4.78, 5) is 0. The molecule has 13 heavy (non-hydrogen) atoms. The molecule has 0 N–H and O–H groups in total. The van der Waals surface area contributed by atoms with Crippen LogP contribution in [0.1, 0.15) is 47.5 Å². The lowest BCUT2D eigenvalue weighted by Gasteiger charge is -2.18. The summed E-state index contributed by atoms with van der Waals surface area (Å²) in [5, 5.41) is 0. The van der Waals surface area contributed by atoms with Crippen molar-refractivity contribution in [2.75, 3.05) is 13.2 Å². The predicted octanol–water partition coefficient (Wildman–Crippen LogP) is 3.73. The molecule has 0 spiro atoms. The van der Waals surface area contributed by atoms with Crippen molar-refractivity contribution in [1.82, 2.24) is 0 Å². The molecule has 0 bridgehead atoms. The molecule has 0 saturated heterocycles. The maximum atomic E-state index is 5.70. The lowest BCUT2D eigenvalue weighted by molar-refractivity contribution is 0.0616. The molecule has 0 fully saturated rings. The van der Waals surface area contributed by atoms with E-state index in [4.69, 9.17) is 4.74 Å². The van der Waals surface area contributed by atoms with Gasteiger partial charge in [0.15, 0.2) is 0 Å². The Hall–Kier alpha value is -0.0400. The van der Waals surface area contributed by atoms with Gasteiger partial charge in [0.2, 0.25) is 0 Å². The maximum Gasteiger partial charge on any atom is 0.0494 e. The highest BCUT2D eigenvalue weighted by Gasteiger charge is 2.08. The summed E-state index contributed by atoms with van der Waals surface area (Å²) < 4.78 is 5.70. The first-order valence-electron chi connectivity index (χ1n) is 5.69. The summed E-state index contributed by atoms with van der Waals surface area (Å²) >= 11 is 0. The molecule has 0 aliphatic carbocycles. The highest BCUT2D eigenvalue weighted by molar-refractivity contribution is 4.57. The van der Waals surface area contributed by atoms with Crippen LogP contribution in [0.2, 0.25) is 0 Å². The summed E-state index contributed by atoms with van der Waals surface area (Å²) in [6.07, 6.45) is 2.49. The topological polar surface area (TPSA) is 9.23 Å². The maximum absolute atomic E-state index is 5.70. The Morgan fingerprint density at radius 3 is 1.85 bits per heavy atom. The van der Waals surface area contributed by atoms with E-state index in [0.717, 1.165) is 25.0 Å². The Labute approximate surface area is 83.9 Å². The summed E-state index contributed by atoms with van der Waals surface area (Å²) in [5.74, 6) is 2.19. The molecule has 0 saturated carbocycles. The Balaban J connectivity index is 3.43. The third kappa shape index (κ3) is 6.09. The van der Waals surface area contributed by atoms with Gasteiger partial charge in [0.05, 0.1) is 0 Å². The summed E-state index contributed by atoms with van der Waals surface area (Å²) in [7, 11) is 0. The molecule has 1 unspecified atom stereocenters. The van der Waals surface area contributed by atoms with Gasteiger partial charge in [0.1, 0.15) is 0 Å². The van der Waals surface area contributed by atoms with E-state index in [9.17, 15) is 0 Å². The van der Waals surface area contributed by atoms with Gasteiger partial charge < -0.3 is 4.74 Å². The average molecular weight is 186 g/mol. The van der Waals surface area contributed by atoms with Crippen molar-refractivity contribution in [3.63, 3.8) is 0 Å². The van der Waals surface area contributed by atoms with Crippen LogP contribution in [0.25, 0.3) is 0 Å². The first-order valence-corrected chi connectivity index (χ1v) is 5.69. The van der Waals surface area contributed by atoms with Gasteiger partial charge in [-0.2, -0.15) is 0 Å². The first kappa shape index (κ1) is 13.0. The van der Waals surface area contributed by atoms with Crippen LogP contribution in [-0.4, -0.2) is 13.2 Å². The van der Waals surface area contributed by atoms with Crippen LogP contribution in [0, 0.1) is 17.8 Å². The molecular formula is C12H26O. The van der Waals surface area contributed by atoms with Crippen molar-refractivity contribution >= 4 is 0 Å². The molecule has 0 aromatic rings. The Morgan fingerprint density at radius 1 is 0.923 bits per heavy atom. The second kappa shape index (κ2) is 7.37. The third-order valence-electron chi connectivity index (χ3n) is 3.03. The molecule has 0 aromatic heterocycles. The van der Waals surface area contributed by atoms with Crippen LogP contribution < -0.4 is 0 Å². The van der Waals surface area contributed by atoms with Crippen LogP contribution in [-0.2, 0) is 4.74 Å². The van der Waals surface area contributed by atoms with Crippen LogP contribution in [0.3, 0.4) is 0 Å². The van der Waals surface area contributed by atoms with Gasteiger partial charge in [-0.1, -0.05) is 47.5 Å². The fraction of sp³-hybridized carbons (Fsp3) is 1.00. The smallest absolute Gasteiger partial charge is 0.0494 e. The van der Waals surface area contributed by atoms with Crippen molar-refractivity contribution in [1.29, 1.82) is 0 Å². The second-order valence-electron chi connectivity index (χ2n) is 4.44. The monoisotopic (exact) mass is 186 g/mol. The number of hydrogen-bond donors (Lipinski definition) is 0. The molecule has 0 aliphatic heterocycles. The molecule has 80 valence electrons. The van der Waals surface area contributed by atoms with E-state index in [1.54, 1.807) is 0 Å². The number of ether oxygens (including phenoxy) is 1. The lowest BCUT2D eigenvalue weighted by Crippen LogP contribution is -2.16. The van der Waals surface area contributed by atoms with Crippen LogP contribution >= 0.6 is 0 Å². The fourth-order valence-electron chi connectivity index (χ4n) is 1.14. The fourth-order valence-corrected chi connectivity index (χ4v) is 1.14. The lowest BCUT2D eigenvalue weighted by atomic mass is 9.99. The van der Waals surface area contributed by atoms with Crippen molar-refractivity contribution < 1.29 is 4.74 Å². The Bertz CT molecular complexity index is 104. The van der Waals surface area contributed by atoms with Gasteiger partial charge in [-0.3, -0.25) is 0 Å². The quantitative estimate of drug-likeness (QED) is 0.588. The zero-order chi connectivity index (χ0) is 10.3. The molecule has 0 aromatic carbocycles. The van der Waals surface area contributed by atoms with E-state index in [2.05, 4.69) is 34.6 Å². The normalized spacial score (nSPS) is 14.1. The van der Waals surface area contributed by atoms with E-state index in [-0.39, 0.29) is 0 Å². The molecule has 0 heterocycles. The van der Waals surface area contributed by atoms with Gasteiger partial charge in [0.25, 0.3) is 0 Å². The minimum Gasteiger partial charge on any atom is -0.381 e. The minimum atomic E-state index is 0.689. The summed E-state index contributed by atoms with van der Waals surface area (Å²) in [6, 6.07) is 0. The summed E-state index contributed by atoms with van der Waals surface area (Å²) in [6.45, 7) is 13.1. The molecule has 1 nitrogen and oxygen atoms in total. The van der Waals surface area contributed by atoms with Crippen molar-refractivity contribution in [3.8, 4) is 0 Å². The highest BCUT2D eigenvalue weighted by atomic mass is 16.5.